The van der Waals surface area contributed by atoms with Gasteiger partial charge in [-0.15, -0.1) is 0 Å². The minimum atomic E-state index is -4.47. The largest absolute Gasteiger partial charge is 0.430 e. The molecule has 0 heterocycles. The average Bonchev–Trinajstić information content (AvgIpc) is 2.40. The maximum atomic E-state index is 12.6. The smallest absolute Gasteiger partial charge is 0.416 e. The van der Waals surface area contributed by atoms with Crippen molar-refractivity contribution >= 4 is 11.9 Å². The summed E-state index contributed by atoms with van der Waals surface area (Å²) in [7, 11) is 0. The fraction of sp³-hybridized carbons (Fsp3) is 0.429. The molecular weight excluding hydrogens is 287 g/mol. The van der Waals surface area contributed by atoms with Gasteiger partial charge >= 0.3 is 12.3 Å². The van der Waals surface area contributed by atoms with Crippen LogP contribution >= 0.6 is 0 Å². The Bertz CT molecular complexity index is 554. The van der Waals surface area contributed by atoms with Crippen LogP contribution in [0.3, 0.4) is 0 Å². The van der Waals surface area contributed by atoms with Crippen molar-refractivity contribution in [1.29, 1.82) is 0 Å². The van der Waals surface area contributed by atoms with E-state index in [1.807, 2.05) is 0 Å². The molecule has 2 N–H and O–H groups in total. The molecule has 0 unspecified atom stereocenters. The summed E-state index contributed by atoms with van der Waals surface area (Å²) in [6.45, 7) is 0. The minimum Gasteiger partial charge on any atom is -0.430 e. The number of carbonyl (C=O) groups is 2. The number of rotatable bonds is 2. The van der Waals surface area contributed by atoms with Gasteiger partial charge in [-0.3, -0.25) is 4.79 Å². The molecule has 0 aromatic heterocycles. The third kappa shape index (κ3) is 3.01. The Morgan fingerprint density at radius 2 is 1.81 bits per heavy atom. The van der Waals surface area contributed by atoms with E-state index in [1.165, 1.54) is 0 Å². The van der Waals surface area contributed by atoms with Crippen LogP contribution < -0.4 is 5.73 Å². The lowest BCUT2D eigenvalue weighted by Gasteiger charge is -2.35. The van der Waals surface area contributed by atoms with E-state index in [4.69, 9.17) is 10.5 Å². The van der Waals surface area contributed by atoms with E-state index in [1.54, 1.807) is 0 Å². The van der Waals surface area contributed by atoms with Crippen molar-refractivity contribution in [1.82, 2.24) is 0 Å². The molecule has 114 valence electrons. The van der Waals surface area contributed by atoms with Gasteiger partial charge in [-0.05, 0) is 31.4 Å². The Kier molecular flexibility index (Phi) is 3.93. The Balaban J connectivity index is 2.42. The average molecular weight is 301 g/mol. The minimum absolute atomic E-state index is 0.203. The highest BCUT2D eigenvalue weighted by Gasteiger charge is 2.45. The number of alkyl halides is 3. The fourth-order valence-corrected chi connectivity index (χ4v) is 2.57. The molecule has 21 heavy (non-hydrogen) atoms. The van der Waals surface area contributed by atoms with Crippen LogP contribution in [0.4, 0.5) is 18.0 Å². The third-order valence-electron chi connectivity index (χ3n) is 3.59. The quantitative estimate of drug-likeness (QED) is 0.912. The van der Waals surface area contributed by atoms with Crippen molar-refractivity contribution in [2.75, 3.05) is 0 Å². The van der Waals surface area contributed by atoms with Gasteiger partial charge in [-0.2, -0.15) is 13.2 Å². The number of primary amides is 1. The standard InChI is InChI=1S/C14H14F3NO3/c15-14(16,17)10-6-4-9(5-7-10)13(21-12(18)20)8-2-1-3-11(13)19/h4-7H,1-3,8H2,(H2,18,20)/t13-/m0/s1. The van der Waals surface area contributed by atoms with Crippen LogP contribution in [0.1, 0.15) is 36.8 Å². The predicted octanol–water partition coefficient (Wildman–Crippen LogP) is 3.14. The van der Waals surface area contributed by atoms with Gasteiger partial charge in [-0.25, -0.2) is 4.79 Å². The number of Topliss-reactive ketones (excluding diaryl/α,β-unsaturated/α-hetero) is 1. The third-order valence-corrected chi connectivity index (χ3v) is 3.59. The van der Waals surface area contributed by atoms with Crippen LogP contribution in [-0.2, 0) is 21.3 Å². The molecule has 7 heteroatoms. The number of halogens is 3. The van der Waals surface area contributed by atoms with E-state index >= 15 is 0 Å². The van der Waals surface area contributed by atoms with Crippen LogP contribution in [0.5, 0.6) is 0 Å². The summed E-state index contributed by atoms with van der Waals surface area (Å²) in [6.07, 6.45) is -3.88. The summed E-state index contributed by atoms with van der Waals surface area (Å²) in [6, 6.07) is 4.05. The molecule has 0 radical (unpaired) electrons. The normalized spacial score (nSPS) is 22.9. The molecule has 0 aliphatic heterocycles. The van der Waals surface area contributed by atoms with Gasteiger partial charge in [0, 0.05) is 12.0 Å². The molecule has 2 rings (SSSR count). The van der Waals surface area contributed by atoms with Gasteiger partial charge in [0.1, 0.15) is 0 Å². The van der Waals surface area contributed by atoms with Crippen molar-refractivity contribution < 1.29 is 27.5 Å². The lowest BCUT2D eigenvalue weighted by atomic mass is 9.78. The monoisotopic (exact) mass is 301 g/mol. The van der Waals surface area contributed by atoms with Gasteiger partial charge in [0.05, 0.1) is 5.56 Å². The van der Waals surface area contributed by atoms with Crippen LogP contribution in [0.2, 0.25) is 0 Å². The van der Waals surface area contributed by atoms with Crippen molar-refractivity contribution in [3.8, 4) is 0 Å². The molecule has 1 aromatic carbocycles. The number of ketones is 1. The molecule has 4 nitrogen and oxygen atoms in total. The number of ether oxygens (including phenoxy) is 1. The summed E-state index contributed by atoms with van der Waals surface area (Å²) in [5.41, 5.74) is 2.84. The van der Waals surface area contributed by atoms with Gasteiger partial charge in [0.15, 0.2) is 11.4 Å². The van der Waals surface area contributed by atoms with E-state index in [0.29, 0.717) is 12.8 Å². The van der Waals surface area contributed by atoms with Crippen LogP contribution in [0, 0.1) is 0 Å². The predicted molar refractivity (Wildman–Crippen MR) is 67.3 cm³/mol. The molecule has 0 spiro atoms. The number of hydrogen-bond acceptors (Lipinski definition) is 3. The first-order valence-electron chi connectivity index (χ1n) is 6.45. The zero-order valence-electron chi connectivity index (χ0n) is 11.1. The van der Waals surface area contributed by atoms with E-state index in [-0.39, 0.29) is 24.2 Å². The molecule has 1 saturated carbocycles. The first kappa shape index (κ1) is 15.3. The molecule has 1 atom stereocenters. The lowest BCUT2D eigenvalue weighted by Crippen LogP contribution is -2.44. The molecule has 1 amide bonds. The van der Waals surface area contributed by atoms with Gasteiger partial charge in [-0.1, -0.05) is 12.1 Å². The Morgan fingerprint density at radius 1 is 1.19 bits per heavy atom. The molecule has 1 fully saturated rings. The number of amides is 1. The second-order valence-corrected chi connectivity index (χ2v) is 4.95. The van der Waals surface area contributed by atoms with Crippen molar-refractivity contribution in [2.24, 2.45) is 5.73 Å². The van der Waals surface area contributed by atoms with Gasteiger partial charge < -0.3 is 10.5 Å². The van der Waals surface area contributed by atoms with Crippen molar-refractivity contribution in [3.05, 3.63) is 35.4 Å². The second kappa shape index (κ2) is 5.38. The highest BCUT2D eigenvalue weighted by Crippen LogP contribution is 2.39. The number of benzene rings is 1. The molecule has 1 aliphatic carbocycles. The highest BCUT2D eigenvalue weighted by molar-refractivity contribution is 5.91. The summed E-state index contributed by atoms with van der Waals surface area (Å²) in [5.74, 6) is -0.340. The topological polar surface area (TPSA) is 69.4 Å². The van der Waals surface area contributed by atoms with Crippen molar-refractivity contribution in [3.63, 3.8) is 0 Å². The molecule has 0 saturated heterocycles. The Morgan fingerprint density at radius 3 is 2.29 bits per heavy atom. The maximum absolute atomic E-state index is 12.6. The zero-order chi connectivity index (χ0) is 15.7. The number of carbonyl (C=O) groups excluding carboxylic acids is 2. The molecule has 1 aliphatic rings. The first-order valence-corrected chi connectivity index (χ1v) is 6.45. The molecular formula is C14H14F3NO3. The summed E-state index contributed by atoms with van der Waals surface area (Å²) in [4.78, 5) is 23.3. The summed E-state index contributed by atoms with van der Waals surface area (Å²) in [5, 5.41) is 0. The fourth-order valence-electron chi connectivity index (χ4n) is 2.57. The second-order valence-electron chi connectivity index (χ2n) is 4.95. The zero-order valence-corrected chi connectivity index (χ0v) is 11.1. The van der Waals surface area contributed by atoms with Crippen LogP contribution in [0.25, 0.3) is 0 Å². The van der Waals surface area contributed by atoms with E-state index in [9.17, 15) is 22.8 Å². The maximum Gasteiger partial charge on any atom is 0.416 e. The number of hydrogen-bond donors (Lipinski definition) is 1. The summed E-state index contributed by atoms with van der Waals surface area (Å²) >= 11 is 0. The highest BCUT2D eigenvalue weighted by atomic mass is 19.4. The Hall–Kier alpha value is -2.05. The van der Waals surface area contributed by atoms with Gasteiger partial charge in [0.2, 0.25) is 0 Å². The van der Waals surface area contributed by atoms with E-state index in [0.717, 1.165) is 24.3 Å². The van der Waals surface area contributed by atoms with Gasteiger partial charge in [0.25, 0.3) is 0 Å². The lowest BCUT2D eigenvalue weighted by molar-refractivity contribution is -0.142. The number of nitrogens with two attached hydrogens (primary N) is 1. The SMILES string of the molecule is NC(=O)O[C@]1(c2ccc(C(F)(F)F)cc2)CCCCC1=O. The Labute approximate surface area is 119 Å². The van der Waals surface area contributed by atoms with Crippen molar-refractivity contribution in [2.45, 2.75) is 37.5 Å². The molecule has 1 aromatic rings. The molecule has 0 bridgehead atoms. The van der Waals surface area contributed by atoms with E-state index < -0.39 is 23.4 Å². The first-order chi connectivity index (χ1) is 9.75. The van der Waals surface area contributed by atoms with Crippen LogP contribution in [-0.4, -0.2) is 11.9 Å². The van der Waals surface area contributed by atoms with E-state index in [2.05, 4.69) is 0 Å². The van der Waals surface area contributed by atoms with Crippen LogP contribution in [0.15, 0.2) is 24.3 Å². The summed E-state index contributed by atoms with van der Waals surface area (Å²) < 4.78 is 42.7.